The average Bonchev–Trinajstić information content (AvgIpc) is 3.10. The number of aryl methyl sites for hydroxylation is 1. The molecule has 178 valence electrons. The maximum atomic E-state index is 13.3. The number of nitrogens with zero attached hydrogens (tertiary/aromatic N) is 3. The van der Waals surface area contributed by atoms with E-state index < -0.39 is 18.2 Å². The Hall–Kier alpha value is -4.22. The summed E-state index contributed by atoms with van der Waals surface area (Å²) in [6.45, 7) is 0.360. The first-order chi connectivity index (χ1) is 16.3. The van der Waals surface area contributed by atoms with Crippen molar-refractivity contribution in [2.45, 2.75) is 19.1 Å². The number of allylic oxidation sites excluding steroid dienone is 5. The molecular weight excluding hydrogens is 452 g/mol. The molecule has 1 amide bonds. The normalized spacial score (nSPS) is 18.4. The van der Waals surface area contributed by atoms with Gasteiger partial charge in [0.2, 0.25) is 0 Å². The topological polar surface area (TPSA) is 116 Å². The number of esters is 1. The predicted octanol–water partition coefficient (Wildman–Crippen LogP) is 2.67. The van der Waals surface area contributed by atoms with E-state index in [4.69, 9.17) is 0 Å². The smallest absolute Gasteiger partial charge is 0.464 e. The number of rotatable bonds is 6. The monoisotopic (exact) mass is 473 g/mol. The van der Waals surface area contributed by atoms with Crippen molar-refractivity contribution >= 4 is 23.9 Å². The van der Waals surface area contributed by atoms with E-state index in [9.17, 15) is 18.4 Å². The van der Waals surface area contributed by atoms with Crippen LogP contribution < -0.4 is 10.6 Å². The number of ether oxygens (including phenoxy) is 3. The number of methoxy groups -OCH3 is 1. The van der Waals surface area contributed by atoms with E-state index in [1.807, 2.05) is 0 Å². The largest absolute Gasteiger partial charge is 0.586 e. The van der Waals surface area contributed by atoms with Crippen LogP contribution in [0.2, 0.25) is 0 Å². The number of hydrogen-bond donors (Lipinski definition) is 2. The number of carbonyl (C=O) groups excluding carboxylic acids is 2. The van der Waals surface area contributed by atoms with Gasteiger partial charge >= 0.3 is 12.3 Å². The summed E-state index contributed by atoms with van der Waals surface area (Å²) in [4.78, 5) is 28.6. The highest BCUT2D eigenvalue weighted by Gasteiger charge is 2.44. The molecule has 1 aromatic rings. The molecule has 0 fully saturated rings. The Bertz CT molecular complexity index is 1210. The summed E-state index contributed by atoms with van der Waals surface area (Å²) in [6, 6.07) is 0. The molecule has 3 heterocycles. The third-order valence-electron chi connectivity index (χ3n) is 5.03. The molecule has 0 radical (unpaired) electrons. The Morgan fingerprint density at radius 1 is 1.26 bits per heavy atom. The highest BCUT2D eigenvalue weighted by molar-refractivity contribution is 5.99. The van der Waals surface area contributed by atoms with Gasteiger partial charge in [-0.3, -0.25) is 9.48 Å². The summed E-state index contributed by atoms with van der Waals surface area (Å²) in [5.41, 5.74) is 1.73. The lowest BCUT2D eigenvalue weighted by molar-refractivity contribution is -0.335. The summed E-state index contributed by atoms with van der Waals surface area (Å²) >= 11 is 0. The maximum absolute atomic E-state index is 13.3. The van der Waals surface area contributed by atoms with Gasteiger partial charge in [-0.2, -0.15) is 5.10 Å². The van der Waals surface area contributed by atoms with Crippen LogP contribution in [0.15, 0.2) is 70.1 Å². The molecule has 2 N–H and O–H groups in total. The van der Waals surface area contributed by atoms with Crippen molar-refractivity contribution in [1.82, 2.24) is 15.1 Å². The fourth-order valence-corrected chi connectivity index (χ4v) is 3.36. The highest BCUT2D eigenvalue weighted by atomic mass is 19.3. The van der Waals surface area contributed by atoms with Crippen LogP contribution in [0, 0.1) is 0 Å². The van der Waals surface area contributed by atoms with Crippen LogP contribution in [-0.2, 0) is 26.1 Å². The van der Waals surface area contributed by atoms with Gasteiger partial charge in [-0.05, 0) is 30.2 Å². The number of alkyl halides is 2. The van der Waals surface area contributed by atoms with Crippen LogP contribution >= 0.6 is 0 Å². The standard InChI is InChI=1S/C22H21F2N5O5/c1-29-19(26-11-13-6-7-16(21(31)32-2)25-9-8-13)15(12-27-29)20(30)28-14-4-3-5-17-18(10-14)34-22(23,24)33-17/h3,5,7-10,12,26H,4,6,11H2,1-2H3,(H,28,30). The Kier molecular flexibility index (Phi) is 6.30. The molecule has 2 aliphatic heterocycles. The number of nitrogens with one attached hydrogen (secondary N) is 2. The second-order valence-corrected chi connectivity index (χ2v) is 7.40. The minimum Gasteiger partial charge on any atom is -0.464 e. The highest BCUT2D eigenvalue weighted by Crippen LogP contribution is 2.36. The minimum absolute atomic E-state index is 0.109. The van der Waals surface area contributed by atoms with Gasteiger partial charge in [0.15, 0.2) is 11.5 Å². The Morgan fingerprint density at radius 2 is 2.06 bits per heavy atom. The zero-order valence-corrected chi connectivity index (χ0v) is 18.3. The number of hydrogen-bond acceptors (Lipinski definition) is 8. The Labute approximate surface area is 192 Å². The molecule has 0 atom stereocenters. The fourth-order valence-electron chi connectivity index (χ4n) is 3.36. The summed E-state index contributed by atoms with van der Waals surface area (Å²) in [5.74, 6) is -0.821. The van der Waals surface area contributed by atoms with Gasteiger partial charge in [-0.15, -0.1) is 8.78 Å². The quantitative estimate of drug-likeness (QED) is 0.611. The lowest BCUT2D eigenvalue weighted by atomic mass is 10.1. The summed E-state index contributed by atoms with van der Waals surface area (Å²) < 4.78 is 41.8. The summed E-state index contributed by atoms with van der Waals surface area (Å²) in [7, 11) is 2.96. The maximum Gasteiger partial charge on any atom is 0.586 e. The zero-order valence-electron chi connectivity index (χ0n) is 18.3. The number of amides is 1. The van der Waals surface area contributed by atoms with E-state index >= 15 is 0 Å². The molecule has 0 saturated carbocycles. The van der Waals surface area contributed by atoms with Crippen LogP contribution in [0.1, 0.15) is 23.2 Å². The third-order valence-corrected chi connectivity index (χ3v) is 5.03. The number of halogens is 2. The van der Waals surface area contributed by atoms with Gasteiger partial charge in [-0.25, -0.2) is 9.79 Å². The number of carbonyl (C=O) groups is 2. The van der Waals surface area contributed by atoms with Gasteiger partial charge in [0.1, 0.15) is 17.1 Å². The number of aliphatic imine (C=N–C) groups is 1. The Balaban J connectivity index is 1.43. The van der Waals surface area contributed by atoms with Crippen molar-refractivity contribution in [3.05, 3.63) is 70.6 Å². The lowest BCUT2D eigenvalue weighted by Crippen LogP contribution is -2.24. The third kappa shape index (κ3) is 5.05. The van der Waals surface area contributed by atoms with E-state index in [1.165, 1.54) is 36.4 Å². The van der Waals surface area contributed by atoms with Crippen molar-refractivity contribution < 1.29 is 32.6 Å². The molecule has 0 aromatic carbocycles. The molecular formula is C22H21F2N5O5. The molecule has 1 aromatic heterocycles. The number of anilines is 1. The first kappa shape index (κ1) is 23.0. The predicted molar refractivity (Wildman–Crippen MR) is 116 cm³/mol. The molecule has 1 aliphatic carbocycles. The molecule has 4 rings (SSSR count). The van der Waals surface area contributed by atoms with Crippen LogP contribution in [-0.4, -0.2) is 47.8 Å². The van der Waals surface area contributed by atoms with Gasteiger partial charge in [0.25, 0.3) is 5.91 Å². The van der Waals surface area contributed by atoms with Gasteiger partial charge in [0, 0.05) is 38.0 Å². The van der Waals surface area contributed by atoms with Crippen molar-refractivity contribution in [3.8, 4) is 0 Å². The molecule has 0 saturated heterocycles. The minimum atomic E-state index is -3.75. The van der Waals surface area contributed by atoms with E-state index in [1.54, 1.807) is 25.3 Å². The van der Waals surface area contributed by atoms with Crippen molar-refractivity contribution in [3.63, 3.8) is 0 Å². The van der Waals surface area contributed by atoms with Gasteiger partial charge < -0.3 is 24.8 Å². The van der Waals surface area contributed by atoms with Gasteiger partial charge in [0.05, 0.1) is 13.3 Å². The lowest BCUT2D eigenvalue weighted by Gasteiger charge is -2.12. The molecule has 0 unspecified atom stereocenters. The zero-order chi connectivity index (χ0) is 24.3. The van der Waals surface area contributed by atoms with Crippen molar-refractivity contribution in [1.29, 1.82) is 0 Å². The molecule has 34 heavy (non-hydrogen) atoms. The molecule has 10 nitrogen and oxygen atoms in total. The number of aromatic nitrogens is 2. The van der Waals surface area contributed by atoms with E-state index in [0.717, 1.165) is 5.57 Å². The molecule has 3 aliphatic rings. The second kappa shape index (κ2) is 9.33. The van der Waals surface area contributed by atoms with Crippen LogP contribution in [0.3, 0.4) is 0 Å². The fraction of sp³-hybridized carbons (Fsp3) is 0.273. The van der Waals surface area contributed by atoms with E-state index in [2.05, 4.69) is 34.9 Å². The van der Waals surface area contributed by atoms with E-state index in [0.29, 0.717) is 24.5 Å². The summed E-state index contributed by atoms with van der Waals surface area (Å²) in [6.07, 6.45) is 7.58. The SMILES string of the molecule is COC(=O)C1=CCC(CNc2c(C(=O)NC3=CC4=C(C=CC3)OC(F)(F)O4)cnn2C)=CC=N1. The summed E-state index contributed by atoms with van der Waals surface area (Å²) in [5, 5.41) is 10.0. The molecule has 12 heteroatoms. The molecule has 0 spiro atoms. The van der Waals surface area contributed by atoms with Crippen molar-refractivity contribution in [2.75, 3.05) is 19.0 Å². The van der Waals surface area contributed by atoms with E-state index in [-0.39, 0.29) is 29.2 Å². The first-order valence-corrected chi connectivity index (χ1v) is 10.2. The van der Waals surface area contributed by atoms with Gasteiger partial charge in [-0.1, -0.05) is 6.08 Å². The Morgan fingerprint density at radius 3 is 2.85 bits per heavy atom. The molecule has 0 bridgehead atoms. The van der Waals surface area contributed by atoms with Crippen molar-refractivity contribution in [2.24, 2.45) is 12.0 Å². The average molecular weight is 473 g/mol. The van der Waals surface area contributed by atoms with Crippen LogP contribution in [0.25, 0.3) is 0 Å². The van der Waals surface area contributed by atoms with Crippen LogP contribution in [0.5, 0.6) is 0 Å². The van der Waals surface area contributed by atoms with Crippen LogP contribution in [0.4, 0.5) is 14.6 Å². The second-order valence-electron chi connectivity index (χ2n) is 7.40. The first-order valence-electron chi connectivity index (χ1n) is 10.2.